The molecule has 3 aromatic rings. The molecule has 140 valence electrons. The van der Waals surface area contributed by atoms with Gasteiger partial charge in [0.1, 0.15) is 5.69 Å². The highest BCUT2D eigenvalue weighted by Crippen LogP contribution is 2.29. The van der Waals surface area contributed by atoms with Gasteiger partial charge in [-0.3, -0.25) is 4.79 Å². The molecule has 3 heterocycles. The van der Waals surface area contributed by atoms with Crippen LogP contribution in [-0.2, 0) is 9.84 Å². The van der Waals surface area contributed by atoms with Crippen LogP contribution < -0.4 is 0 Å². The number of carbonyl (C=O) groups excluding carboxylic acids is 1. The van der Waals surface area contributed by atoms with E-state index in [0.717, 1.165) is 10.6 Å². The maximum absolute atomic E-state index is 13.2. The van der Waals surface area contributed by atoms with Crippen molar-refractivity contribution in [3.63, 3.8) is 0 Å². The summed E-state index contributed by atoms with van der Waals surface area (Å²) in [6.07, 6.45) is 2.21. The Hall–Kier alpha value is -2.45. The molecule has 0 bridgehead atoms. The van der Waals surface area contributed by atoms with Gasteiger partial charge in [0.2, 0.25) is 0 Å². The lowest BCUT2D eigenvalue weighted by atomic mass is 10.1. The Balaban J connectivity index is 1.72. The zero-order chi connectivity index (χ0) is 19.0. The summed E-state index contributed by atoms with van der Waals surface area (Å²) in [6, 6.07) is 13.2. The number of para-hydroxylation sites is 1. The van der Waals surface area contributed by atoms with Crippen LogP contribution in [0, 0.1) is 0 Å². The van der Waals surface area contributed by atoms with Gasteiger partial charge in [0.15, 0.2) is 9.84 Å². The number of sulfone groups is 1. The topological polar surface area (TPSA) is 72.3 Å². The first-order valence-corrected chi connectivity index (χ1v) is 11.3. The Morgan fingerprint density at radius 2 is 2.00 bits per heavy atom. The molecule has 0 radical (unpaired) electrons. The van der Waals surface area contributed by atoms with E-state index in [2.05, 4.69) is 5.10 Å². The van der Waals surface area contributed by atoms with Crippen molar-refractivity contribution in [2.75, 3.05) is 18.6 Å². The number of amides is 1. The summed E-state index contributed by atoms with van der Waals surface area (Å²) in [6.45, 7) is 0. The van der Waals surface area contributed by atoms with Crippen LogP contribution in [-0.4, -0.2) is 53.6 Å². The molecular formula is C19H19N3O3S2. The third-order valence-corrected chi connectivity index (χ3v) is 7.42. The molecule has 0 aliphatic carbocycles. The van der Waals surface area contributed by atoms with Crippen molar-refractivity contribution in [2.45, 2.75) is 12.5 Å². The molecule has 1 saturated heterocycles. The molecule has 2 aromatic heterocycles. The van der Waals surface area contributed by atoms with Crippen molar-refractivity contribution >= 4 is 27.1 Å². The van der Waals surface area contributed by atoms with Crippen molar-refractivity contribution in [3.8, 4) is 16.3 Å². The van der Waals surface area contributed by atoms with Crippen LogP contribution in [0.4, 0.5) is 0 Å². The van der Waals surface area contributed by atoms with Gasteiger partial charge in [0, 0.05) is 19.3 Å². The molecule has 0 N–H and O–H groups in total. The van der Waals surface area contributed by atoms with Crippen molar-refractivity contribution in [1.29, 1.82) is 0 Å². The molecule has 1 amide bonds. The third kappa shape index (κ3) is 3.54. The summed E-state index contributed by atoms with van der Waals surface area (Å²) in [5.74, 6) is -0.0464. The smallest absolute Gasteiger partial charge is 0.257 e. The minimum atomic E-state index is -3.06. The monoisotopic (exact) mass is 401 g/mol. The van der Waals surface area contributed by atoms with E-state index in [1.165, 1.54) is 11.3 Å². The molecule has 6 nitrogen and oxygen atoms in total. The summed E-state index contributed by atoms with van der Waals surface area (Å²) in [4.78, 5) is 15.6. The maximum Gasteiger partial charge on any atom is 0.257 e. The van der Waals surface area contributed by atoms with Crippen LogP contribution in [0.3, 0.4) is 0 Å². The molecule has 1 atom stereocenters. The van der Waals surface area contributed by atoms with Crippen LogP contribution in [0.1, 0.15) is 16.8 Å². The number of thiophene rings is 1. The van der Waals surface area contributed by atoms with E-state index in [0.29, 0.717) is 17.7 Å². The van der Waals surface area contributed by atoms with Gasteiger partial charge in [-0.2, -0.15) is 5.10 Å². The van der Waals surface area contributed by atoms with E-state index in [4.69, 9.17) is 0 Å². The predicted molar refractivity (Wildman–Crippen MR) is 106 cm³/mol. The van der Waals surface area contributed by atoms with E-state index in [9.17, 15) is 13.2 Å². The number of hydrogen-bond acceptors (Lipinski definition) is 5. The Morgan fingerprint density at radius 1 is 1.22 bits per heavy atom. The molecule has 0 saturated carbocycles. The Labute approximate surface area is 162 Å². The second-order valence-corrected chi connectivity index (χ2v) is 9.80. The fourth-order valence-corrected chi connectivity index (χ4v) is 5.77. The van der Waals surface area contributed by atoms with Gasteiger partial charge in [-0.15, -0.1) is 11.3 Å². The molecule has 1 fully saturated rings. The van der Waals surface area contributed by atoms with Gasteiger partial charge in [-0.1, -0.05) is 24.3 Å². The van der Waals surface area contributed by atoms with E-state index < -0.39 is 9.84 Å². The van der Waals surface area contributed by atoms with Gasteiger partial charge >= 0.3 is 0 Å². The summed E-state index contributed by atoms with van der Waals surface area (Å²) in [5.41, 5.74) is 1.96. The van der Waals surface area contributed by atoms with Crippen molar-refractivity contribution in [1.82, 2.24) is 14.7 Å². The Kier molecular flexibility index (Phi) is 4.61. The van der Waals surface area contributed by atoms with E-state index in [-0.39, 0.29) is 23.5 Å². The predicted octanol–water partition coefficient (Wildman–Crippen LogP) is 2.86. The molecule has 1 unspecified atom stereocenters. The van der Waals surface area contributed by atoms with Crippen molar-refractivity contribution < 1.29 is 13.2 Å². The van der Waals surface area contributed by atoms with Gasteiger partial charge in [0.05, 0.1) is 27.6 Å². The minimum absolute atomic E-state index is 0.0242. The highest BCUT2D eigenvalue weighted by molar-refractivity contribution is 7.91. The average Bonchev–Trinajstić information content (AvgIpc) is 3.40. The van der Waals surface area contributed by atoms with Crippen LogP contribution in [0.15, 0.2) is 54.0 Å². The number of hydrogen-bond donors (Lipinski definition) is 0. The average molecular weight is 402 g/mol. The van der Waals surface area contributed by atoms with Crippen molar-refractivity contribution in [3.05, 3.63) is 59.6 Å². The van der Waals surface area contributed by atoms with E-state index in [1.54, 1.807) is 22.8 Å². The zero-order valence-corrected chi connectivity index (χ0v) is 16.4. The third-order valence-electron chi connectivity index (χ3n) is 4.80. The first kappa shape index (κ1) is 17.9. The van der Waals surface area contributed by atoms with Gasteiger partial charge in [-0.05, 0) is 30.0 Å². The van der Waals surface area contributed by atoms with Crippen LogP contribution in [0.5, 0.6) is 0 Å². The molecule has 1 aromatic carbocycles. The van der Waals surface area contributed by atoms with Crippen LogP contribution >= 0.6 is 11.3 Å². The highest BCUT2D eigenvalue weighted by atomic mass is 32.2. The van der Waals surface area contributed by atoms with Gasteiger partial charge < -0.3 is 4.90 Å². The lowest BCUT2D eigenvalue weighted by Gasteiger charge is -2.23. The van der Waals surface area contributed by atoms with Crippen LogP contribution in [0.2, 0.25) is 0 Å². The fourth-order valence-electron chi connectivity index (χ4n) is 3.28. The summed E-state index contributed by atoms with van der Waals surface area (Å²) in [7, 11) is -1.39. The summed E-state index contributed by atoms with van der Waals surface area (Å²) in [5, 5.41) is 6.59. The first-order chi connectivity index (χ1) is 12.9. The normalized spacial score (nSPS) is 18.5. The largest absolute Gasteiger partial charge is 0.338 e. The molecule has 8 heteroatoms. The number of rotatable bonds is 4. The summed E-state index contributed by atoms with van der Waals surface area (Å²) < 4.78 is 25.3. The number of benzene rings is 1. The molecule has 1 aliphatic heterocycles. The zero-order valence-electron chi connectivity index (χ0n) is 14.8. The van der Waals surface area contributed by atoms with E-state index >= 15 is 0 Å². The van der Waals surface area contributed by atoms with E-state index in [1.807, 2.05) is 47.8 Å². The second kappa shape index (κ2) is 6.94. The highest BCUT2D eigenvalue weighted by Gasteiger charge is 2.34. The molecule has 27 heavy (non-hydrogen) atoms. The maximum atomic E-state index is 13.2. The molecule has 0 spiro atoms. The number of aromatic nitrogens is 2. The quantitative estimate of drug-likeness (QED) is 0.674. The standard InChI is InChI=1S/C19H19N3O3S2/c1-21(15-9-11-27(24,25)13-15)19(23)16-12-22(14-6-3-2-4-7-14)20-18(16)17-8-5-10-26-17/h2-8,10,12,15H,9,11,13H2,1H3. The van der Waals surface area contributed by atoms with Gasteiger partial charge in [-0.25, -0.2) is 13.1 Å². The SMILES string of the molecule is CN(C(=O)c1cn(-c2ccccc2)nc1-c1cccs1)C1CCS(=O)(=O)C1. The Bertz CT molecular complexity index is 1060. The fraction of sp³-hybridized carbons (Fsp3) is 0.263. The molecule has 4 rings (SSSR count). The summed E-state index contributed by atoms with van der Waals surface area (Å²) >= 11 is 1.52. The van der Waals surface area contributed by atoms with Crippen molar-refractivity contribution in [2.24, 2.45) is 0 Å². The number of nitrogens with zero attached hydrogens (tertiary/aromatic N) is 3. The minimum Gasteiger partial charge on any atom is -0.338 e. The number of carbonyl (C=O) groups is 1. The molecule has 1 aliphatic rings. The second-order valence-electron chi connectivity index (χ2n) is 6.62. The first-order valence-electron chi connectivity index (χ1n) is 8.61. The van der Waals surface area contributed by atoms with Crippen LogP contribution in [0.25, 0.3) is 16.3 Å². The Morgan fingerprint density at radius 3 is 2.63 bits per heavy atom. The molecular weight excluding hydrogens is 382 g/mol. The van der Waals surface area contributed by atoms with Gasteiger partial charge in [0.25, 0.3) is 5.91 Å². The lowest BCUT2D eigenvalue weighted by Crippen LogP contribution is -2.37. The lowest BCUT2D eigenvalue weighted by molar-refractivity contribution is 0.0748.